The summed E-state index contributed by atoms with van der Waals surface area (Å²) in [7, 11) is 0. The number of hydrogen-bond acceptors (Lipinski definition) is 2. The van der Waals surface area contributed by atoms with Gasteiger partial charge in [-0.25, -0.2) is 0 Å². The monoisotopic (exact) mass is 235 g/mol. The molecule has 0 spiro atoms. The first-order valence-corrected chi connectivity index (χ1v) is 6.34. The van der Waals surface area contributed by atoms with Gasteiger partial charge in [-0.2, -0.15) is 0 Å². The second-order valence-electron chi connectivity index (χ2n) is 5.76. The van der Waals surface area contributed by atoms with Crippen LogP contribution in [0.25, 0.3) is 0 Å². The van der Waals surface area contributed by atoms with Crippen molar-refractivity contribution in [2.24, 2.45) is 5.73 Å². The molecule has 0 saturated carbocycles. The Morgan fingerprint density at radius 3 is 2.06 bits per heavy atom. The van der Waals surface area contributed by atoms with Crippen molar-refractivity contribution in [3.63, 3.8) is 0 Å². The highest BCUT2D eigenvalue weighted by atomic mass is 16.5. The van der Waals surface area contributed by atoms with Gasteiger partial charge in [0.15, 0.2) is 0 Å². The van der Waals surface area contributed by atoms with Crippen LogP contribution < -0.4 is 10.5 Å². The lowest BCUT2D eigenvalue weighted by Crippen LogP contribution is -2.28. The Labute approximate surface area is 105 Å². The number of nitrogens with two attached hydrogens (primary N) is 1. The zero-order chi connectivity index (χ0) is 13.1. The van der Waals surface area contributed by atoms with Crippen LogP contribution in [0.3, 0.4) is 0 Å². The van der Waals surface area contributed by atoms with Gasteiger partial charge >= 0.3 is 0 Å². The summed E-state index contributed by atoms with van der Waals surface area (Å²) in [5, 5.41) is 0. The smallest absolute Gasteiger partial charge is 0.119 e. The minimum absolute atomic E-state index is 0.116. The van der Waals surface area contributed by atoms with Crippen molar-refractivity contribution in [2.45, 2.75) is 58.6 Å². The van der Waals surface area contributed by atoms with Gasteiger partial charge in [-0.3, -0.25) is 0 Å². The van der Waals surface area contributed by atoms with Crippen molar-refractivity contribution in [3.8, 4) is 5.75 Å². The summed E-state index contributed by atoms with van der Waals surface area (Å²) in [4.78, 5) is 0. The zero-order valence-electron chi connectivity index (χ0n) is 11.7. The van der Waals surface area contributed by atoms with Crippen LogP contribution in [0.1, 0.15) is 46.6 Å². The molecule has 0 aromatic heterocycles. The minimum Gasteiger partial charge on any atom is -0.491 e. The summed E-state index contributed by atoms with van der Waals surface area (Å²) in [6, 6.07) is 8.58. The van der Waals surface area contributed by atoms with Gasteiger partial charge in [0.1, 0.15) is 5.75 Å². The van der Waals surface area contributed by atoms with Crippen molar-refractivity contribution >= 4 is 0 Å². The van der Waals surface area contributed by atoms with E-state index in [0.29, 0.717) is 0 Å². The molecular weight excluding hydrogens is 210 g/mol. The molecule has 2 nitrogen and oxygen atoms in total. The lowest BCUT2D eigenvalue weighted by molar-refractivity contribution is 0.242. The van der Waals surface area contributed by atoms with E-state index in [4.69, 9.17) is 10.5 Å². The Kier molecular flexibility index (Phi) is 4.58. The number of benzene rings is 1. The van der Waals surface area contributed by atoms with Crippen LogP contribution in [0.15, 0.2) is 24.3 Å². The molecule has 0 fully saturated rings. The van der Waals surface area contributed by atoms with Crippen molar-refractivity contribution < 1.29 is 4.74 Å². The largest absolute Gasteiger partial charge is 0.491 e. The van der Waals surface area contributed by atoms with Gasteiger partial charge in [-0.05, 0) is 50.3 Å². The minimum atomic E-state index is 0.116. The summed E-state index contributed by atoms with van der Waals surface area (Å²) in [6.07, 6.45) is 1.20. The van der Waals surface area contributed by atoms with Crippen LogP contribution in [0, 0.1) is 0 Å². The molecule has 96 valence electrons. The molecule has 2 N–H and O–H groups in total. The van der Waals surface area contributed by atoms with Crippen LogP contribution in [-0.4, -0.2) is 12.1 Å². The fourth-order valence-corrected chi connectivity index (χ4v) is 2.18. The fourth-order valence-electron chi connectivity index (χ4n) is 2.18. The van der Waals surface area contributed by atoms with Gasteiger partial charge < -0.3 is 10.5 Å². The van der Waals surface area contributed by atoms with E-state index in [1.54, 1.807) is 0 Å². The molecule has 1 rings (SSSR count). The number of ether oxygens (including phenoxy) is 1. The highest BCUT2D eigenvalue weighted by Crippen LogP contribution is 2.29. The van der Waals surface area contributed by atoms with Crippen LogP contribution in [-0.2, 0) is 5.41 Å². The molecule has 0 heterocycles. The van der Waals surface area contributed by atoms with Gasteiger partial charge in [0, 0.05) is 6.04 Å². The maximum Gasteiger partial charge on any atom is 0.119 e. The molecule has 1 atom stereocenters. The standard InChI is InChI=1S/C15H25NO/c1-11(2)17-14-8-6-13(7-9-14)15(4,5)10-12(3)16/h6-9,11-12H,10,16H2,1-5H3. The molecule has 1 aromatic rings. The quantitative estimate of drug-likeness (QED) is 0.848. The van der Waals surface area contributed by atoms with E-state index in [2.05, 4.69) is 32.9 Å². The second kappa shape index (κ2) is 5.54. The van der Waals surface area contributed by atoms with Crippen molar-refractivity contribution in [1.29, 1.82) is 0 Å². The first-order chi connectivity index (χ1) is 7.81. The molecule has 0 bridgehead atoms. The molecular formula is C15H25NO. The average molecular weight is 235 g/mol. The van der Waals surface area contributed by atoms with E-state index in [1.807, 2.05) is 26.0 Å². The maximum atomic E-state index is 5.89. The van der Waals surface area contributed by atoms with Gasteiger partial charge in [0.05, 0.1) is 6.10 Å². The Morgan fingerprint density at radius 2 is 1.65 bits per heavy atom. The highest BCUT2D eigenvalue weighted by Gasteiger charge is 2.21. The SMILES string of the molecule is CC(N)CC(C)(C)c1ccc(OC(C)C)cc1. The van der Waals surface area contributed by atoms with E-state index in [9.17, 15) is 0 Å². The summed E-state index contributed by atoms with van der Waals surface area (Å²) in [6.45, 7) is 10.6. The normalized spacial score (nSPS) is 13.8. The molecule has 2 heteroatoms. The number of hydrogen-bond donors (Lipinski definition) is 1. The fraction of sp³-hybridized carbons (Fsp3) is 0.600. The third-order valence-corrected chi connectivity index (χ3v) is 2.84. The van der Waals surface area contributed by atoms with Crippen molar-refractivity contribution in [3.05, 3.63) is 29.8 Å². The van der Waals surface area contributed by atoms with Crippen LogP contribution in [0.2, 0.25) is 0 Å². The molecule has 0 aliphatic carbocycles. The predicted octanol–water partition coefficient (Wildman–Crippen LogP) is 3.49. The van der Waals surface area contributed by atoms with E-state index in [0.717, 1.165) is 12.2 Å². The summed E-state index contributed by atoms with van der Waals surface area (Å²) >= 11 is 0. The van der Waals surface area contributed by atoms with Crippen LogP contribution >= 0.6 is 0 Å². The van der Waals surface area contributed by atoms with Crippen molar-refractivity contribution in [2.75, 3.05) is 0 Å². The Morgan fingerprint density at radius 1 is 1.12 bits per heavy atom. The average Bonchev–Trinajstić information content (AvgIpc) is 2.15. The van der Waals surface area contributed by atoms with Gasteiger partial charge in [-0.1, -0.05) is 26.0 Å². The van der Waals surface area contributed by atoms with Gasteiger partial charge in [0.25, 0.3) is 0 Å². The lowest BCUT2D eigenvalue weighted by Gasteiger charge is -2.27. The Hall–Kier alpha value is -1.02. The molecule has 0 aliphatic rings. The third-order valence-electron chi connectivity index (χ3n) is 2.84. The Balaban J connectivity index is 2.79. The molecule has 0 aliphatic heterocycles. The van der Waals surface area contributed by atoms with Crippen LogP contribution in [0.5, 0.6) is 5.75 Å². The van der Waals surface area contributed by atoms with E-state index in [1.165, 1.54) is 5.56 Å². The van der Waals surface area contributed by atoms with E-state index < -0.39 is 0 Å². The molecule has 1 unspecified atom stereocenters. The molecule has 0 radical (unpaired) electrons. The number of rotatable bonds is 5. The van der Waals surface area contributed by atoms with Gasteiger partial charge in [0.2, 0.25) is 0 Å². The summed E-state index contributed by atoms with van der Waals surface area (Å²) in [5.74, 6) is 0.931. The predicted molar refractivity (Wildman–Crippen MR) is 73.5 cm³/mol. The highest BCUT2D eigenvalue weighted by molar-refractivity contribution is 5.31. The lowest BCUT2D eigenvalue weighted by atomic mass is 9.79. The zero-order valence-corrected chi connectivity index (χ0v) is 11.7. The van der Waals surface area contributed by atoms with E-state index >= 15 is 0 Å². The first kappa shape index (κ1) is 14.0. The maximum absolute atomic E-state index is 5.89. The van der Waals surface area contributed by atoms with E-state index in [-0.39, 0.29) is 17.6 Å². The first-order valence-electron chi connectivity index (χ1n) is 6.34. The summed E-state index contributed by atoms with van der Waals surface area (Å²) < 4.78 is 5.64. The molecule has 0 amide bonds. The molecule has 0 saturated heterocycles. The summed E-state index contributed by atoms with van der Waals surface area (Å²) in [5.41, 5.74) is 7.31. The third kappa shape index (κ3) is 4.39. The molecule has 17 heavy (non-hydrogen) atoms. The molecule has 1 aromatic carbocycles. The topological polar surface area (TPSA) is 35.2 Å². The second-order valence-corrected chi connectivity index (χ2v) is 5.76. The Bertz CT molecular complexity index is 338. The van der Waals surface area contributed by atoms with Gasteiger partial charge in [-0.15, -0.1) is 0 Å². The van der Waals surface area contributed by atoms with Crippen LogP contribution in [0.4, 0.5) is 0 Å². The van der Waals surface area contributed by atoms with Crippen molar-refractivity contribution in [1.82, 2.24) is 0 Å².